The fourth-order valence-corrected chi connectivity index (χ4v) is 1.82. The molecule has 1 fully saturated rings. The Morgan fingerprint density at radius 3 is 2.42 bits per heavy atom. The second-order valence-electron chi connectivity index (χ2n) is 4.63. The maximum absolute atomic E-state index is 5.69. The summed E-state index contributed by atoms with van der Waals surface area (Å²) >= 11 is 0. The molecule has 0 amide bonds. The molecule has 0 aliphatic carbocycles. The summed E-state index contributed by atoms with van der Waals surface area (Å²) in [5, 5.41) is 0. The van der Waals surface area contributed by atoms with E-state index >= 15 is 0 Å². The van der Waals surface area contributed by atoms with Gasteiger partial charge in [-0.05, 0) is 37.1 Å². The molecule has 1 rings (SSSR count). The van der Waals surface area contributed by atoms with Gasteiger partial charge in [0, 0.05) is 13.2 Å². The molecule has 0 aromatic carbocycles. The fraction of sp³-hybridized carbons (Fsp3) is 1.00. The summed E-state index contributed by atoms with van der Waals surface area (Å²) in [5.41, 5.74) is 6.01. The number of nitrogens with two attached hydrogens (primary N) is 1. The minimum atomic E-state index is 0.321. The molecule has 0 bridgehead atoms. The van der Waals surface area contributed by atoms with Crippen LogP contribution in [0, 0.1) is 11.3 Å². The Labute approximate surface area is 75.5 Å². The molecule has 2 N–H and O–H groups in total. The Hall–Kier alpha value is -0.0800. The number of hydrogen-bond donors (Lipinski definition) is 1. The van der Waals surface area contributed by atoms with E-state index in [1.807, 2.05) is 0 Å². The largest absolute Gasteiger partial charge is 0.381 e. The zero-order chi connectivity index (χ0) is 9.03. The lowest BCUT2D eigenvalue weighted by molar-refractivity contribution is 0.0522. The third-order valence-electron chi connectivity index (χ3n) is 2.73. The molecule has 0 aromatic rings. The number of hydrogen-bond acceptors (Lipinski definition) is 2. The van der Waals surface area contributed by atoms with Crippen LogP contribution in [0.25, 0.3) is 0 Å². The van der Waals surface area contributed by atoms with Crippen molar-refractivity contribution in [3.8, 4) is 0 Å². The normalized spacial score (nSPS) is 21.2. The van der Waals surface area contributed by atoms with Gasteiger partial charge in [0.05, 0.1) is 0 Å². The molecule has 1 aliphatic rings. The van der Waals surface area contributed by atoms with Crippen LogP contribution < -0.4 is 5.73 Å². The Balaban J connectivity index is 2.28. The molecular formula is C10H21NO. The average Bonchev–Trinajstić information content (AvgIpc) is 2.06. The van der Waals surface area contributed by atoms with Gasteiger partial charge in [0.15, 0.2) is 0 Å². The van der Waals surface area contributed by atoms with Crippen LogP contribution in [0.5, 0.6) is 0 Å². The second kappa shape index (κ2) is 4.24. The average molecular weight is 171 g/mol. The topological polar surface area (TPSA) is 35.2 Å². The maximum Gasteiger partial charge on any atom is 0.0468 e. The monoisotopic (exact) mass is 171 g/mol. The first kappa shape index (κ1) is 10.0. The highest BCUT2D eigenvalue weighted by atomic mass is 16.5. The summed E-state index contributed by atoms with van der Waals surface area (Å²) in [7, 11) is 0. The highest BCUT2D eigenvalue weighted by molar-refractivity contribution is 4.75. The summed E-state index contributed by atoms with van der Waals surface area (Å²) in [4.78, 5) is 0. The summed E-state index contributed by atoms with van der Waals surface area (Å²) in [6.07, 6.45) is 3.71. The zero-order valence-corrected chi connectivity index (χ0v) is 8.31. The molecule has 72 valence electrons. The van der Waals surface area contributed by atoms with Gasteiger partial charge in [0.1, 0.15) is 0 Å². The Morgan fingerprint density at radius 1 is 1.33 bits per heavy atom. The van der Waals surface area contributed by atoms with Crippen molar-refractivity contribution in [2.24, 2.45) is 17.1 Å². The van der Waals surface area contributed by atoms with E-state index in [9.17, 15) is 0 Å². The van der Waals surface area contributed by atoms with Crippen molar-refractivity contribution in [2.45, 2.75) is 33.1 Å². The first-order valence-corrected chi connectivity index (χ1v) is 4.92. The molecule has 1 saturated heterocycles. The zero-order valence-electron chi connectivity index (χ0n) is 8.31. The van der Waals surface area contributed by atoms with E-state index < -0.39 is 0 Å². The van der Waals surface area contributed by atoms with Crippen LogP contribution in [-0.4, -0.2) is 19.8 Å². The lowest BCUT2D eigenvalue weighted by Crippen LogP contribution is -2.28. The summed E-state index contributed by atoms with van der Waals surface area (Å²) < 4.78 is 5.32. The molecule has 1 heterocycles. The van der Waals surface area contributed by atoms with Crippen molar-refractivity contribution in [1.29, 1.82) is 0 Å². The van der Waals surface area contributed by atoms with Crippen molar-refractivity contribution in [1.82, 2.24) is 0 Å². The highest BCUT2D eigenvalue weighted by Crippen LogP contribution is 2.29. The van der Waals surface area contributed by atoms with E-state index in [1.54, 1.807) is 0 Å². The van der Waals surface area contributed by atoms with Gasteiger partial charge in [-0.1, -0.05) is 13.8 Å². The van der Waals surface area contributed by atoms with Crippen LogP contribution in [-0.2, 0) is 4.74 Å². The second-order valence-corrected chi connectivity index (χ2v) is 4.63. The summed E-state index contributed by atoms with van der Waals surface area (Å²) in [6, 6.07) is 0. The number of ether oxygens (including phenoxy) is 1. The van der Waals surface area contributed by atoms with Crippen LogP contribution in [0.1, 0.15) is 33.1 Å². The smallest absolute Gasteiger partial charge is 0.0468 e. The third-order valence-corrected chi connectivity index (χ3v) is 2.73. The maximum atomic E-state index is 5.69. The molecule has 2 heteroatoms. The molecule has 0 saturated carbocycles. The standard InChI is InChI=1S/C10H21NO/c1-10(2,8-11)7-9-3-5-12-6-4-9/h9H,3-8,11H2,1-2H3. The van der Waals surface area contributed by atoms with Crippen molar-refractivity contribution < 1.29 is 4.74 Å². The predicted octanol–water partition coefficient (Wildman–Crippen LogP) is 1.79. The van der Waals surface area contributed by atoms with E-state index in [4.69, 9.17) is 10.5 Å². The number of rotatable bonds is 3. The van der Waals surface area contributed by atoms with Gasteiger partial charge in [-0.25, -0.2) is 0 Å². The molecular weight excluding hydrogens is 150 g/mol. The van der Waals surface area contributed by atoms with Crippen LogP contribution in [0.4, 0.5) is 0 Å². The first-order chi connectivity index (χ1) is 5.64. The van der Waals surface area contributed by atoms with Crippen molar-refractivity contribution in [3.63, 3.8) is 0 Å². The highest BCUT2D eigenvalue weighted by Gasteiger charge is 2.23. The molecule has 0 radical (unpaired) electrons. The van der Waals surface area contributed by atoms with E-state index in [-0.39, 0.29) is 0 Å². The van der Waals surface area contributed by atoms with Crippen LogP contribution in [0.3, 0.4) is 0 Å². The van der Waals surface area contributed by atoms with Gasteiger partial charge >= 0.3 is 0 Å². The Morgan fingerprint density at radius 2 is 1.92 bits per heavy atom. The molecule has 0 aromatic heterocycles. The summed E-state index contributed by atoms with van der Waals surface area (Å²) in [5.74, 6) is 0.845. The molecule has 0 spiro atoms. The van der Waals surface area contributed by atoms with Crippen molar-refractivity contribution >= 4 is 0 Å². The van der Waals surface area contributed by atoms with Crippen molar-refractivity contribution in [2.75, 3.05) is 19.8 Å². The molecule has 12 heavy (non-hydrogen) atoms. The van der Waals surface area contributed by atoms with E-state index in [0.29, 0.717) is 5.41 Å². The Kier molecular flexibility index (Phi) is 3.53. The van der Waals surface area contributed by atoms with Crippen molar-refractivity contribution in [3.05, 3.63) is 0 Å². The molecule has 1 aliphatic heterocycles. The Bertz CT molecular complexity index is 128. The minimum Gasteiger partial charge on any atom is -0.381 e. The van der Waals surface area contributed by atoms with Gasteiger partial charge in [0.25, 0.3) is 0 Å². The predicted molar refractivity (Wildman–Crippen MR) is 51.0 cm³/mol. The van der Waals surface area contributed by atoms with Crippen LogP contribution in [0.15, 0.2) is 0 Å². The first-order valence-electron chi connectivity index (χ1n) is 4.92. The molecule has 0 atom stereocenters. The van der Waals surface area contributed by atoms with E-state index in [0.717, 1.165) is 25.7 Å². The third kappa shape index (κ3) is 3.11. The van der Waals surface area contributed by atoms with Gasteiger partial charge in [-0.15, -0.1) is 0 Å². The van der Waals surface area contributed by atoms with Gasteiger partial charge in [-0.2, -0.15) is 0 Å². The van der Waals surface area contributed by atoms with Gasteiger partial charge in [-0.3, -0.25) is 0 Å². The summed E-state index contributed by atoms with van der Waals surface area (Å²) in [6.45, 7) is 7.20. The molecule has 0 unspecified atom stereocenters. The lowest BCUT2D eigenvalue weighted by atomic mass is 9.80. The van der Waals surface area contributed by atoms with E-state index in [1.165, 1.54) is 19.3 Å². The van der Waals surface area contributed by atoms with Crippen LogP contribution >= 0.6 is 0 Å². The lowest BCUT2D eigenvalue weighted by Gasteiger charge is -2.30. The van der Waals surface area contributed by atoms with Gasteiger partial charge in [0.2, 0.25) is 0 Å². The minimum absolute atomic E-state index is 0.321. The van der Waals surface area contributed by atoms with Gasteiger partial charge < -0.3 is 10.5 Å². The van der Waals surface area contributed by atoms with E-state index in [2.05, 4.69) is 13.8 Å². The van der Waals surface area contributed by atoms with Crippen LogP contribution in [0.2, 0.25) is 0 Å². The molecule has 2 nitrogen and oxygen atoms in total. The fourth-order valence-electron chi connectivity index (χ4n) is 1.82. The quantitative estimate of drug-likeness (QED) is 0.702. The SMILES string of the molecule is CC(C)(CN)CC1CCOCC1.